The van der Waals surface area contributed by atoms with Crippen molar-refractivity contribution in [3.63, 3.8) is 0 Å². The predicted octanol–water partition coefficient (Wildman–Crippen LogP) is 0.0206. The minimum atomic E-state index is -0.640. The number of amides is 2. The first-order chi connectivity index (χ1) is 8.11. The highest BCUT2D eigenvalue weighted by Gasteiger charge is 2.23. The van der Waals surface area contributed by atoms with Gasteiger partial charge < -0.3 is 10.2 Å². The van der Waals surface area contributed by atoms with E-state index in [9.17, 15) is 14.4 Å². The Balaban J connectivity index is 2.13. The zero-order chi connectivity index (χ0) is 12.4. The van der Waals surface area contributed by atoms with Gasteiger partial charge in [0.25, 0.3) is 5.91 Å². The van der Waals surface area contributed by atoms with E-state index in [0.717, 1.165) is 16.8 Å². The Hall–Kier alpha value is -2.17. The molecular formula is C12H12N2O3. The molecule has 0 radical (unpaired) electrons. The Morgan fingerprint density at radius 2 is 2.29 bits per heavy atom. The topological polar surface area (TPSA) is 66.5 Å². The van der Waals surface area contributed by atoms with Gasteiger partial charge in [0, 0.05) is 19.3 Å². The van der Waals surface area contributed by atoms with Crippen LogP contribution in [0.15, 0.2) is 18.2 Å². The summed E-state index contributed by atoms with van der Waals surface area (Å²) in [7, 11) is 1.74. The van der Waals surface area contributed by atoms with Gasteiger partial charge in [0.2, 0.25) is 12.2 Å². The van der Waals surface area contributed by atoms with E-state index in [-0.39, 0.29) is 12.2 Å². The summed E-state index contributed by atoms with van der Waals surface area (Å²) in [6, 6.07) is 5.56. The van der Waals surface area contributed by atoms with E-state index in [4.69, 9.17) is 0 Å². The SMILES string of the molecule is CN1C(=O)Cc2cc(CNC(=O)C=O)ccc21. The molecule has 1 aromatic carbocycles. The normalized spacial score (nSPS) is 13.5. The van der Waals surface area contributed by atoms with Crippen molar-refractivity contribution in [3.05, 3.63) is 29.3 Å². The Kier molecular flexibility index (Phi) is 2.91. The first kappa shape index (κ1) is 11.3. The van der Waals surface area contributed by atoms with E-state index >= 15 is 0 Å². The van der Waals surface area contributed by atoms with Gasteiger partial charge in [0.05, 0.1) is 6.42 Å². The molecule has 0 fully saturated rings. The summed E-state index contributed by atoms with van der Waals surface area (Å²) in [6.07, 6.45) is 0.631. The Morgan fingerprint density at radius 1 is 1.53 bits per heavy atom. The molecule has 0 saturated carbocycles. The molecule has 0 saturated heterocycles. The largest absolute Gasteiger partial charge is 0.346 e. The maximum atomic E-state index is 11.5. The number of hydrogen-bond acceptors (Lipinski definition) is 3. The van der Waals surface area contributed by atoms with Gasteiger partial charge in [-0.1, -0.05) is 12.1 Å². The minimum Gasteiger partial charge on any atom is -0.346 e. The van der Waals surface area contributed by atoms with Crippen LogP contribution in [-0.2, 0) is 27.3 Å². The van der Waals surface area contributed by atoms with Crippen LogP contribution in [0.3, 0.4) is 0 Å². The van der Waals surface area contributed by atoms with Crippen molar-refractivity contribution in [2.75, 3.05) is 11.9 Å². The van der Waals surface area contributed by atoms with Crippen molar-refractivity contribution in [1.29, 1.82) is 0 Å². The Bertz CT molecular complexity index is 497. The summed E-state index contributed by atoms with van der Waals surface area (Å²) < 4.78 is 0. The van der Waals surface area contributed by atoms with E-state index < -0.39 is 5.91 Å². The standard InChI is InChI=1S/C12H12N2O3/c1-14-10-3-2-8(6-13-11(16)7-15)4-9(10)5-12(14)17/h2-4,7H,5-6H2,1H3,(H,13,16). The summed E-state index contributed by atoms with van der Waals surface area (Å²) in [5.41, 5.74) is 2.73. The van der Waals surface area contributed by atoms with Crippen LogP contribution in [0.2, 0.25) is 0 Å². The molecule has 1 aliphatic rings. The van der Waals surface area contributed by atoms with E-state index in [0.29, 0.717) is 13.0 Å². The second kappa shape index (κ2) is 4.37. The average Bonchev–Trinajstić information content (AvgIpc) is 2.62. The molecule has 5 heteroatoms. The number of nitrogens with one attached hydrogen (secondary N) is 1. The summed E-state index contributed by atoms with van der Waals surface area (Å²) >= 11 is 0. The van der Waals surface area contributed by atoms with Gasteiger partial charge in [-0.2, -0.15) is 0 Å². The molecule has 1 aromatic rings. The second-order valence-corrected chi connectivity index (χ2v) is 3.93. The van der Waals surface area contributed by atoms with E-state index in [1.54, 1.807) is 11.9 Å². The molecular weight excluding hydrogens is 220 g/mol. The quantitative estimate of drug-likeness (QED) is 0.590. The summed E-state index contributed by atoms with van der Waals surface area (Å²) in [6.45, 7) is 0.294. The fourth-order valence-corrected chi connectivity index (χ4v) is 1.86. The lowest BCUT2D eigenvalue weighted by molar-refractivity contribution is -0.131. The van der Waals surface area contributed by atoms with Crippen molar-refractivity contribution in [2.45, 2.75) is 13.0 Å². The second-order valence-electron chi connectivity index (χ2n) is 3.93. The van der Waals surface area contributed by atoms with Crippen LogP contribution >= 0.6 is 0 Å². The Morgan fingerprint density at radius 3 is 3.00 bits per heavy atom. The summed E-state index contributed by atoms with van der Waals surface area (Å²) in [5, 5.41) is 2.46. The van der Waals surface area contributed by atoms with Crippen molar-refractivity contribution >= 4 is 23.8 Å². The molecule has 0 aromatic heterocycles. The number of carbonyl (C=O) groups excluding carboxylic acids is 3. The lowest BCUT2D eigenvalue weighted by Gasteiger charge is -2.10. The summed E-state index contributed by atoms with van der Waals surface area (Å²) in [4.78, 5) is 34.0. The number of rotatable bonds is 3. The van der Waals surface area contributed by atoms with Crippen LogP contribution < -0.4 is 10.2 Å². The molecule has 2 amide bonds. The number of likely N-dealkylation sites (N-methyl/N-ethyl adjacent to an activating group) is 1. The van der Waals surface area contributed by atoms with Crippen molar-refractivity contribution in [2.24, 2.45) is 0 Å². The number of aldehydes is 1. The van der Waals surface area contributed by atoms with Crippen molar-refractivity contribution in [3.8, 4) is 0 Å². The van der Waals surface area contributed by atoms with Gasteiger partial charge in [-0.15, -0.1) is 0 Å². The van der Waals surface area contributed by atoms with Gasteiger partial charge in [-0.05, 0) is 17.2 Å². The molecule has 88 valence electrons. The smallest absolute Gasteiger partial charge is 0.284 e. The molecule has 2 rings (SSSR count). The van der Waals surface area contributed by atoms with Gasteiger partial charge >= 0.3 is 0 Å². The third-order valence-corrected chi connectivity index (χ3v) is 2.79. The van der Waals surface area contributed by atoms with Crippen LogP contribution in [-0.4, -0.2) is 25.1 Å². The first-order valence-electron chi connectivity index (χ1n) is 5.23. The fraction of sp³-hybridized carbons (Fsp3) is 0.250. The maximum Gasteiger partial charge on any atom is 0.284 e. The van der Waals surface area contributed by atoms with Gasteiger partial charge in [0.1, 0.15) is 0 Å². The third kappa shape index (κ3) is 2.18. The monoisotopic (exact) mass is 232 g/mol. The number of nitrogens with zero attached hydrogens (tertiary/aromatic N) is 1. The highest BCUT2D eigenvalue weighted by molar-refractivity contribution is 6.23. The highest BCUT2D eigenvalue weighted by Crippen LogP contribution is 2.28. The van der Waals surface area contributed by atoms with Gasteiger partial charge in [-0.25, -0.2) is 0 Å². The molecule has 0 spiro atoms. The molecule has 0 unspecified atom stereocenters. The first-order valence-corrected chi connectivity index (χ1v) is 5.23. The molecule has 0 atom stereocenters. The number of anilines is 1. The molecule has 17 heavy (non-hydrogen) atoms. The maximum absolute atomic E-state index is 11.5. The van der Waals surface area contributed by atoms with Gasteiger partial charge in [-0.3, -0.25) is 14.4 Å². The average molecular weight is 232 g/mol. The number of hydrogen-bond donors (Lipinski definition) is 1. The van der Waals surface area contributed by atoms with Crippen molar-refractivity contribution < 1.29 is 14.4 Å². The molecule has 0 bridgehead atoms. The third-order valence-electron chi connectivity index (χ3n) is 2.79. The molecule has 1 heterocycles. The minimum absolute atomic E-state index is 0.0640. The van der Waals surface area contributed by atoms with E-state index in [1.165, 1.54) is 0 Å². The van der Waals surface area contributed by atoms with E-state index in [1.807, 2.05) is 18.2 Å². The number of fused-ring (bicyclic) bond motifs is 1. The van der Waals surface area contributed by atoms with Crippen LogP contribution in [0.5, 0.6) is 0 Å². The van der Waals surface area contributed by atoms with Crippen LogP contribution in [0, 0.1) is 0 Å². The van der Waals surface area contributed by atoms with Crippen LogP contribution in [0.4, 0.5) is 5.69 Å². The fourth-order valence-electron chi connectivity index (χ4n) is 1.86. The zero-order valence-corrected chi connectivity index (χ0v) is 9.40. The number of carbonyl (C=O) groups is 3. The highest BCUT2D eigenvalue weighted by atomic mass is 16.2. The molecule has 5 nitrogen and oxygen atoms in total. The van der Waals surface area contributed by atoms with E-state index in [2.05, 4.69) is 5.32 Å². The zero-order valence-electron chi connectivity index (χ0n) is 9.40. The molecule has 0 aliphatic carbocycles. The lowest BCUT2D eigenvalue weighted by Crippen LogP contribution is -2.23. The van der Waals surface area contributed by atoms with Gasteiger partial charge in [0.15, 0.2) is 0 Å². The van der Waals surface area contributed by atoms with Crippen molar-refractivity contribution in [1.82, 2.24) is 5.32 Å². The molecule has 1 aliphatic heterocycles. The lowest BCUT2D eigenvalue weighted by atomic mass is 10.1. The van der Waals surface area contributed by atoms with Crippen LogP contribution in [0.1, 0.15) is 11.1 Å². The predicted molar refractivity (Wildman–Crippen MR) is 61.5 cm³/mol. The van der Waals surface area contributed by atoms with Crippen LogP contribution in [0.25, 0.3) is 0 Å². The Labute approximate surface area is 98.4 Å². The molecule has 1 N–H and O–H groups in total. The summed E-state index contributed by atoms with van der Waals surface area (Å²) in [5.74, 6) is -0.576. The number of benzene rings is 1.